The monoisotopic (exact) mass is 608 g/mol. The van der Waals surface area contributed by atoms with Crippen LogP contribution in [0.1, 0.15) is 129 Å². The van der Waals surface area contributed by atoms with E-state index in [1.807, 2.05) is 23.9 Å². The average Bonchev–Trinajstić information content (AvgIpc) is 2.91. The van der Waals surface area contributed by atoms with Crippen molar-refractivity contribution in [1.29, 1.82) is 0 Å². The summed E-state index contributed by atoms with van der Waals surface area (Å²) in [6, 6.07) is 0.741. The molecule has 0 aromatic heterocycles. The first-order valence-corrected chi connectivity index (χ1v) is 15.8. The standard InChI is InChI=1S/2C14H25NO2.Mo.2O/c2*1-3-4-10-13(16)11-14(17)15(2)12-8-6-5-7-9-12;;;/h2*12H,3-11H2,1-2H3;;;/q;;+2;;. The molecule has 212 valence electrons. The first-order chi connectivity index (χ1) is 17.7. The van der Waals surface area contributed by atoms with Crippen LogP contribution in [0.25, 0.3) is 0 Å². The number of hydrogen-bond donors (Lipinski definition) is 0. The minimum atomic E-state index is -2.03. The summed E-state index contributed by atoms with van der Waals surface area (Å²) in [7, 11) is 3.71. The number of amides is 2. The molecule has 9 heteroatoms. The van der Waals surface area contributed by atoms with E-state index in [9.17, 15) is 19.2 Å². The normalized spacial score (nSPS) is 15.7. The number of ketones is 2. The van der Waals surface area contributed by atoms with E-state index in [2.05, 4.69) is 13.8 Å². The van der Waals surface area contributed by atoms with Crippen molar-refractivity contribution in [3.63, 3.8) is 0 Å². The van der Waals surface area contributed by atoms with E-state index >= 15 is 0 Å². The first-order valence-electron chi connectivity index (χ1n) is 14.2. The summed E-state index contributed by atoms with van der Waals surface area (Å²) in [6.45, 7) is 4.12. The molecule has 0 unspecified atom stereocenters. The molecule has 8 nitrogen and oxygen atoms in total. The van der Waals surface area contributed by atoms with Crippen LogP contribution in [0, 0.1) is 0 Å². The van der Waals surface area contributed by atoms with Crippen LogP contribution < -0.4 is 0 Å². The Bertz CT molecular complexity index is 657. The Kier molecular flexibility index (Phi) is 21.7. The second-order valence-corrected chi connectivity index (χ2v) is 10.6. The quantitative estimate of drug-likeness (QED) is 0.211. The number of carbonyl (C=O) groups is 4. The summed E-state index contributed by atoms with van der Waals surface area (Å²) in [5, 5.41) is 0. The Morgan fingerprint density at radius 1 is 0.622 bits per heavy atom. The number of hydrogen-bond acceptors (Lipinski definition) is 6. The van der Waals surface area contributed by atoms with Gasteiger partial charge in [-0.05, 0) is 38.5 Å². The zero-order valence-electron chi connectivity index (χ0n) is 23.6. The van der Waals surface area contributed by atoms with Crippen molar-refractivity contribution in [3.8, 4) is 0 Å². The van der Waals surface area contributed by atoms with Crippen molar-refractivity contribution in [2.45, 2.75) is 142 Å². The van der Waals surface area contributed by atoms with Crippen molar-refractivity contribution in [3.05, 3.63) is 0 Å². The van der Waals surface area contributed by atoms with Gasteiger partial charge in [0, 0.05) is 39.0 Å². The van der Waals surface area contributed by atoms with Gasteiger partial charge >= 0.3 is 25.3 Å². The Morgan fingerprint density at radius 2 is 0.919 bits per heavy atom. The van der Waals surface area contributed by atoms with Crippen molar-refractivity contribution in [2.24, 2.45) is 0 Å². The maximum absolute atomic E-state index is 11.9. The fraction of sp³-hybridized carbons (Fsp3) is 0.857. The molecule has 0 radical (unpaired) electrons. The molecule has 0 aromatic carbocycles. The van der Waals surface area contributed by atoms with Crippen LogP contribution in [0.4, 0.5) is 0 Å². The summed E-state index contributed by atoms with van der Waals surface area (Å²) in [4.78, 5) is 50.6. The summed E-state index contributed by atoms with van der Waals surface area (Å²) < 4.78 is 17.0. The molecule has 0 aliphatic heterocycles. The van der Waals surface area contributed by atoms with Crippen molar-refractivity contribution in [2.75, 3.05) is 14.1 Å². The average molecular weight is 607 g/mol. The minimum absolute atomic E-state index is 0.0120. The molecule has 0 aromatic rings. The molecule has 0 atom stereocenters. The van der Waals surface area contributed by atoms with Crippen molar-refractivity contribution in [1.82, 2.24) is 9.80 Å². The van der Waals surface area contributed by atoms with E-state index in [1.54, 1.807) is 0 Å². The molecule has 0 spiro atoms. The first kappa shape index (κ1) is 35.6. The fourth-order valence-electron chi connectivity index (χ4n) is 4.86. The molecule has 2 aliphatic rings. The zero-order chi connectivity index (χ0) is 28.1. The van der Waals surface area contributed by atoms with Gasteiger partial charge in [-0.3, -0.25) is 19.2 Å². The van der Waals surface area contributed by atoms with Gasteiger partial charge in [-0.1, -0.05) is 65.2 Å². The Morgan fingerprint density at radius 3 is 1.19 bits per heavy atom. The molecule has 2 saturated carbocycles. The van der Waals surface area contributed by atoms with E-state index in [0.29, 0.717) is 24.9 Å². The number of nitrogens with zero attached hydrogens (tertiary/aromatic N) is 2. The number of Topliss-reactive ketones (excluding diaryl/α,β-unsaturated/α-hetero) is 2. The van der Waals surface area contributed by atoms with E-state index in [4.69, 9.17) is 6.80 Å². The van der Waals surface area contributed by atoms with Crippen LogP contribution in [0.15, 0.2) is 0 Å². The molecular weight excluding hydrogens is 556 g/mol. The molecule has 37 heavy (non-hydrogen) atoms. The Hall–Kier alpha value is -1.43. The van der Waals surface area contributed by atoms with Crippen LogP contribution in [0.3, 0.4) is 0 Å². The van der Waals surface area contributed by atoms with Gasteiger partial charge < -0.3 is 9.80 Å². The molecule has 0 heterocycles. The summed E-state index contributed by atoms with van der Waals surface area (Å²) in [5.74, 6) is 0.218. The maximum atomic E-state index is 11.9. The zero-order valence-corrected chi connectivity index (χ0v) is 25.6. The van der Waals surface area contributed by atoms with E-state index in [1.165, 1.54) is 38.5 Å². The van der Waals surface area contributed by atoms with Gasteiger partial charge in [0.15, 0.2) is 0 Å². The molecule has 2 rings (SSSR count). The SMILES string of the molecule is CCCCC(=O)CC(=O)N(C)C1CCCCC1.CCCCC(=O)CC(=O)N(C)C1CCCCC1.[O]=[Mo+2]=[O]. The molecular formula is C28H50MoN2O6+2. The molecule has 2 fully saturated rings. The van der Waals surface area contributed by atoms with Crippen LogP contribution in [0.2, 0.25) is 0 Å². The van der Waals surface area contributed by atoms with Crippen LogP contribution in [0.5, 0.6) is 0 Å². The van der Waals surface area contributed by atoms with Crippen LogP contribution in [-0.2, 0) is 44.5 Å². The van der Waals surface area contributed by atoms with Crippen molar-refractivity contribution >= 4 is 23.4 Å². The van der Waals surface area contributed by atoms with E-state index in [0.717, 1.165) is 51.4 Å². The second kappa shape index (κ2) is 22.5. The number of unbranched alkanes of at least 4 members (excludes halogenated alkanes) is 2. The predicted octanol–water partition coefficient (Wildman–Crippen LogP) is 5.61. The van der Waals surface area contributed by atoms with Gasteiger partial charge in [0.2, 0.25) is 11.8 Å². The molecule has 2 amide bonds. The molecule has 0 N–H and O–H groups in total. The van der Waals surface area contributed by atoms with Gasteiger partial charge in [0.25, 0.3) is 0 Å². The van der Waals surface area contributed by atoms with Crippen molar-refractivity contribution < 1.29 is 44.5 Å². The predicted molar refractivity (Wildman–Crippen MR) is 139 cm³/mol. The third-order valence-electron chi connectivity index (χ3n) is 7.35. The topological polar surface area (TPSA) is 109 Å². The number of carbonyl (C=O) groups excluding carboxylic acids is 4. The van der Waals surface area contributed by atoms with Gasteiger partial charge in [-0.25, -0.2) is 0 Å². The van der Waals surface area contributed by atoms with Gasteiger partial charge in [-0.15, -0.1) is 0 Å². The van der Waals surface area contributed by atoms with Crippen LogP contribution in [-0.4, -0.2) is 59.4 Å². The van der Waals surface area contributed by atoms with Gasteiger partial charge in [0.1, 0.15) is 11.6 Å². The summed E-state index contributed by atoms with van der Waals surface area (Å²) in [6.07, 6.45) is 17.0. The fourth-order valence-corrected chi connectivity index (χ4v) is 4.86. The van der Waals surface area contributed by atoms with Gasteiger partial charge in [0.05, 0.1) is 12.8 Å². The molecule has 0 bridgehead atoms. The molecule has 2 aliphatic carbocycles. The third-order valence-corrected chi connectivity index (χ3v) is 7.35. The number of rotatable bonds is 12. The van der Waals surface area contributed by atoms with Crippen LogP contribution >= 0.6 is 0 Å². The Balaban J connectivity index is 0.000000633. The Labute approximate surface area is 232 Å². The van der Waals surface area contributed by atoms with Gasteiger partial charge in [-0.2, -0.15) is 0 Å². The van der Waals surface area contributed by atoms with E-state index < -0.39 is 18.5 Å². The summed E-state index contributed by atoms with van der Waals surface area (Å²) in [5.41, 5.74) is 0. The molecule has 0 saturated heterocycles. The third kappa shape index (κ3) is 16.9. The van der Waals surface area contributed by atoms with E-state index in [-0.39, 0.29) is 36.2 Å². The second-order valence-electron chi connectivity index (χ2n) is 10.3. The summed E-state index contributed by atoms with van der Waals surface area (Å²) >= 11 is -2.03.